The highest BCUT2D eigenvalue weighted by Crippen LogP contribution is 2.22. The predicted octanol–water partition coefficient (Wildman–Crippen LogP) is -0.145. The van der Waals surface area contributed by atoms with Crippen LogP contribution in [0, 0.1) is 5.92 Å². The van der Waals surface area contributed by atoms with E-state index in [0.717, 1.165) is 5.56 Å². The number of rotatable bonds is 7. The molecule has 8 heteroatoms. The van der Waals surface area contributed by atoms with E-state index in [1.807, 2.05) is 0 Å². The number of hydrogen-bond donors (Lipinski definition) is 2. The molecule has 1 heterocycles. The van der Waals surface area contributed by atoms with Crippen LogP contribution >= 0.6 is 0 Å². The molecule has 1 aromatic rings. The van der Waals surface area contributed by atoms with Crippen LogP contribution in [-0.4, -0.2) is 45.4 Å². The zero-order chi connectivity index (χ0) is 17.7. The number of β-lactam (4-membered cyclic amide) rings is 1. The van der Waals surface area contributed by atoms with Gasteiger partial charge in [-0.2, -0.15) is 4.79 Å². The molecule has 0 radical (unpaired) electrons. The Bertz CT molecular complexity index is 695. The quantitative estimate of drug-likeness (QED) is 0.179. The minimum atomic E-state index is -1.05. The molecule has 2 N–H and O–H groups in total. The Labute approximate surface area is 138 Å². The van der Waals surface area contributed by atoms with Gasteiger partial charge in [0.1, 0.15) is 6.61 Å². The second kappa shape index (κ2) is 7.63. The second-order valence-corrected chi connectivity index (χ2v) is 5.52. The van der Waals surface area contributed by atoms with Crippen LogP contribution in [-0.2, 0) is 25.7 Å². The maximum Gasteiger partial charge on any atom is 0.441 e. The fraction of sp³-hybridized carbons (Fsp3) is 0.375. The van der Waals surface area contributed by atoms with E-state index in [1.54, 1.807) is 30.3 Å². The Morgan fingerprint density at radius 3 is 2.58 bits per heavy atom. The fourth-order valence-electron chi connectivity index (χ4n) is 2.49. The molecular weight excluding hydrogens is 314 g/mol. The molecule has 0 saturated carbocycles. The van der Waals surface area contributed by atoms with Crippen LogP contribution in [0.2, 0.25) is 0 Å². The van der Waals surface area contributed by atoms with E-state index in [-0.39, 0.29) is 18.9 Å². The number of benzene rings is 1. The molecule has 1 fully saturated rings. The molecule has 1 aliphatic heterocycles. The van der Waals surface area contributed by atoms with Crippen LogP contribution in [0.25, 0.3) is 5.53 Å². The van der Waals surface area contributed by atoms with E-state index < -0.39 is 35.5 Å². The zero-order valence-electron chi connectivity index (χ0n) is 13.0. The van der Waals surface area contributed by atoms with Gasteiger partial charge in [0.15, 0.2) is 0 Å². The van der Waals surface area contributed by atoms with Crippen molar-refractivity contribution in [2.75, 3.05) is 0 Å². The summed E-state index contributed by atoms with van der Waals surface area (Å²) in [5.41, 5.74) is 8.90. The third-order valence-electron chi connectivity index (χ3n) is 3.76. The second-order valence-electron chi connectivity index (χ2n) is 5.52. The van der Waals surface area contributed by atoms with Gasteiger partial charge < -0.3 is 20.7 Å². The lowest BCUT2D eigenvalue weighted by atomic mass is 9.82. The molecule has 1 aliphatic rings. The van der Waals surface area contributed by atoms with Crippen molar-refractivity contribution in [3.8, 4) is 0 Å². The number of ketones is 1. The Morgan fingerprint density at radius 2 is 2.04 bits per heavy atom. The first kappa shape index (κ1) is 17.5. The first-order valence-corrected chi connectivity index (χ1v) is 7.38. The van der Waals surface area contributed by atoms with E-state index in [4.69, 9.17) is 10.3 Å². The number of esters is 1. The van der Waals surface area contributed by atoms with Crippen molar-refractivity contribution < 1.29 is 29.0 Å². The van der Waals surface area contributed by atoms with Crippen LogP contribution in [0.4, 0.5) is 0 Å². The summed E-state index contributed by atoms with van der Waals surface area (Å²) in [5, 5.41) is 12.0. The molecule has 1 aromatic carbocycles. The fourth-order valence-corrected chi connectivity index (χ4v) is 2.49. The van der Waals surface area contributed by atoms with Gasteiger partial charge in [0.05, 0.1) is 18.1 Å². The maximum absolute atomic E-state index is 12.1. The lowest BCUT2D eigenvalue weighted by molar-refractivity contribution is -0.144. The molecule has 1 amide bonds. The highest BCUT2D eigenvalue weighted by Gasteiger charge is 2.45. The van der Waals surface area contributed by atoms with Crippen molar-refractivity contribution in [1.82, 2.24) is 5.32 Å². The molecule has 126 valence electrons. The van der Waals surface area contributed by atoms with Gasteiger partial charge in [0, 0.05) is 6.42 Å². The predicted molar refractivity (Wildman–Crippen MR) is 81.6 cm³/mol. The van der Waals surface area contributed by atoms with Gasteiger partial charge in [-0.15, -0.1) is 0 Å². The molecule has 2 rings (SSSR count). The summed E-state index contributed by atoms with van der Waals surface area (Å²) in [5.74, 6) is -2.91. The average Bonchev–Trinajstić information content (AvgIpc) is 2.53. The van der Waals surface area contributed by atoms with Crippen molar-refractivity contribution in [2.24, 2.45) is 5.92 Å². The normalized spacial score (nSPS) is 20.2. The largest absolute Gasteiger partial charge is 0.452 e. The first-order chi connectivity index (χ1) is 11.4. The number of aliphatic hydroxyl groups is 1. The van der Waals surface area contributed by atoms with E-state index in [0.29, 0.717) is 0 Å². The third-order valence-corrected chi connectivity index (χ3v) is 3.76. The summed E-state index contributed by atoms with van der Waals surface area (Å²) >= 11 is 0. The minimum absolute atomic E-state index is 0.0670. The molecule has 3 atom stereocenters. The summed E-state index contributed by atoms with van der Waals surface area (Å²) in [6.07, 6.45) is -1.18. The number of ether oxygens (including phenoxy) is 1. The number of amides is 1. The number of carbonyl (C=O) groups is 3. The average molecular weight is 331 g/mol. The smallest absolute Gasteiger partial charge is 0.441 e. The molecular formula is C16H17N3O5. The Kier molecular flexibility index (Phi) is 5.57. The summed E-state index contributed by atoms with van der Waals surface area (Å²) in [4.78, 5) is 38.0. The third kappa shape index (κ3) is 3.92. The number of aliphatic hydroxyl groups excluding tert-OH is 1. The number of hydrogen-bond acceptors (Lipinski definition) is 5. The monoisotopic (exact) mass is 331 g/mol. The van der Waals surface area contributed by atoms with Crippen LogP contribution in [0.1, 0.15) is 18.9 Å². The molecule has 8 nitrogen and oxygen atoms in total. The number of nitrogens with zero attached hydrogens (tertiary/aromatic N) is 2. The molecule has 24 heavy (non-hydrogen) atoms. The van der Waals surface area contributed by atoms with E-state index in [2.05, 4.69) is 10.1 Å². The summed E-state index contributed by atoms with van der Waals surface area (Å²) in [6, 6.07) is 8.21. The molecule has 0 unspecified atom stereocenters. The lowest BCUT2D eigenvalue weighted by Crippen LogP contribution is -2.62. The Balaban J connectivity index is 1.93. The van der Waals surface area contributed by atoms with E-state index >= 15 is 0 Å². The highest BCUT2D eigenvalue weighted by molar-refractivity contribution is 6.62. The van der Waals surface area contributed by atoms with Crippen molar-refractivity contribution in [3.63, 3.8) is 0 Å². The van der Waals surface area contributed by atoms with Crippen molar-refractivity contribution >= 4 is 23.4 Å². The van der Waals surface area contributed by atoms with E-state index in [1.165, 1.54) is 6.92 Å². The van der Waals surface area contributed by atoms with Gasteiger partial charge >= 0.3 is 11.7 Å². The van der Waals surface area contributed by atoms with Crippen molar-refractivity contribution in [3.05, 3.63) is 41.4 Å². The van der Waals surface area contributed by atoms with Crippen LogP contribution in [0.3, 0.4) is 0 Å². The van der Waals surface area contributed by atoms with Crippen molar-refractivity contribution in [1.29, 1.82) is 0 Å². The van der Waals surface area contributed by atoms with Gasteiger partial charge in [-0.05, 0) is 12.5 Å². The SMILES string of the molecule is C[C@@H](O)[C@H]1C(=O)N[C@@H]1CC(=O)C(=[N+]=[N-])C(=O)OCc1ccccc1. The first-order valence-electron chi connectivity index (χ1n) is 7.38. The number of carbonyl (C=O) groups excluding carboxylic acids is 3. The number of nitrogens with one attached hydrogen (secondary N) is 1. The highest BCUT2D eigenvalue weighted by atomic mass is 16.5. The van der Waals surface area contributed by atoms with Gasteiger partial charge in [-0.1, -0.05) is 30.3 Å². The van der Waals surface area contributed by atoms with E-state index in [9.17, 15) is 19.5 Å². The van der Waals surface area contributed by atoms with Crippen LogP contribution < -0.4 is 5.32 Å². The maximum atomic E-state index is 12.1. The Morgan fingerprint density at radius 1 is 1.38 bits per heavy atom. The Hall–Kier alpha value is -2.83. The van der Waals surface area contributed by atoms with Gasteiger partial charge in [-0.25, -0.2) is 4.79 Å². The molecule has 0 bridgehead atoms. The molecule has 0 aromatic heterocycles. The van der Waals surface area contributed by atoms with Gasteiger partial charge in [0.25, 0.3) is 5.78 Å². The van der Waals surface area contributed by atoms with Gasteiger partial charge in [-0.3, -0.25) is 9.59 Å². The van der Waals surface area contributed by atoms with Crippen molar-refractivity contribution in [2.45, 2.75) is 32.1 Å². The summed E-state index contributed by atoms with van der Waals surface area (Å²) in [7, 11) is 0. The molecule has 0 spiro atoms. The lowest BCUT2D eigenvalue weighted by Gasteiger charge is -2.37. The standard InChI is InChI=1S/C16H17N3O5/c1-9(20)13-11(18-15(13)22)7-12(21)14(19-17)16(23)24-8-10-5-3-2-4-6-10/h2-6,9,11,13,20H,7-8H2,1H3,(H,18,22)/t9-,11-,13-/m1/s1. The number of Topliss-reactive ketones (excluding diaryl/α,β-unsaturated/α-hetero) is 1. The summed E-state index contributed by atoms with van der Waals surface area (Å²) in [6.45, 7) is 1.37. The van der Waals surface area contributed by atoms with Crippen LogP contribution in [0.15, 0.2) is 30.3 Å². The minimum Gasteiger partial charge on any atom is -0.452 e. The van der Waals surface area contributed by atoms with Crippen LogP contribution in [0.5, 0.6) is 0 Å². The molecule has 1 saturated heterocycles. The zero-order valence-corrected chi connectivity index (χ0v) is 13.0. The topological polar surface area (TPSA) is 129 Å². The molecule has 0 aliphatic carbocycles. The van der Waals surface area contributed by atoms with Gasteiger partial charge in [0.2, 0.25) is 5.91 Å². The summed E-state index contributed by atoms with van der Waals surface area (Å²) < 4.78 is 4.94.